The van der Waals surface area contributed by atoms with E-state index < -0.39 is 5.97 Å². The number of carbonyl (C=O) groups is 1. The van der Waals surface area contributed by atoms with E-state index in [0.717, 1.165) is 29.7 Å². The maximum Gasteiger partial charge on any atom is 0.360 e. The molecule has 2 heterocycles. The van der Waals surface area contributed by atoms with Crippen LogP contribution in [-0.2, 0) is 16.0 Å². The zero-order valence-corrected chi connectivity index (χ0v) is 19.1. The average Bonchev–Trinajstić information content (AvgIpc) is 2.81. The molecule has 0 bridgehead atoms. The lowest BCUT2D eigenvalue weighted by molar-refractivity contribution is -0.137. The second kappa shape index (κ2) is 11.1. The summed E-state index contributed by atoms with van der Waals surface area (Å²) in [5.74, 6) is -0.878. The van der Waals surface area contributed by atoms with Gasteiger partial charge in [0.2, 0.25) is 0 Å². The fourth-order valence-electron chi connectivity index (χ4n) is 3.44. The van der Waals surface area contributed by atoms with Gasteiger partial charge in [0.05, 0.1) is 18.5 Å². The summed E-state index contributed by atoms with van der Waals surface area (Å²) < 4.78 is 4.85. The molecule has 164 valence electrons. The van der Waals surface area contributed by atoms with Crippen LogP contribution in [0.2, 0.25) is 0 Å². The van der Waals surface area contributed by atoms with Crippen LogP contribution in [0.1, 0.15) is 57.7 Å². The van der Waals surface area contributed by atoms with Crippen LogP contribution in [0, 0.1) is 0 Å². The highest BCUT2D eigenvalue weighted by molar-refractivity contribution is 6.01. The van der Waals surface area contributed by atoms with E-state index in [1.165, 1.54) is 17.7 Å². The van der Waals surface area contributed by atoms with Crippen LogP contribution < -0.4 is 0 Å². The smallest absolute Gasteiger partial charge is 0.360 e. The van der Waals surface area contributed by atoms with Crippen molar-refractivity contribution in [3.8, 4) is 11.3 Å². The van der Waals surface area contributed by atoms with Crippen molar-refractivity contribution in [3.05, 3.63) is 65.0 Å². The number of esters is 1. The molecule has 1 aromatic heterocycles. The molecule has 0 saturated carbocycles. The molecule has 6 heteroatoms. The lowest BCUT2D eigenvalue weighted by atomic mass is 9.96. The fourth-order valence-corrected chi connectivity index (χ4v) is 3.44. The minimum atomic E-state index is -0.672. The molecule has 0 atom stereocenters. The number of hydrazone groups is 1. The SMILES string of the molecule is C/C=N\N1C(C(=O)OC)=C(O)c2cnc(-c3cccc(CCC)c3)cc2/C1=C\C.CC. The number of benzene rings is 1. The van der Waals surface area contributed by atoms with Crippen molar-refractivity contribution >= 4 is 23.6 Å². The molecule has 0 radical (unpaired) electrons. The molecular weight excluding hydrogens is 390 g/mol. The summed E-state index contributed by atoms with van der Waals surface area (Å²) >= 11 is 0. The van der Waals surface area contributed by atoms with Crippen molar-refractivity contribution in [2.45, 2.75) is 47.5 Å². The van der Waals surface area contributed by atoms with Crippen molar-refractivity contribution in [1.82, 2.24) is 9.99 Å². The van der Waals surface area contributed by atoms with Gasteiger partial charge in [-0.1, -0.05) is 51.5 Å². The highest BCUT2D eigenvalue weighted by atomic mass is 16.5. The number of hydrogen-bond acceptors (Lipinski definition) is 6. The lowest BCUT2D eigenvalue weighted by Gasteiger charge is -2.30. The van der Waals surface area contributed by atoms with Gasteiger partial charge in [-0.2, -0.15) is 5.10 Å². The number of rotatable bonds is 5. The lowest BCUT2D eigenvalue weighted by Crippen LogP contribution is -2.28. The molecule has 1 aromatic carbocycles. The molecule has 0 fully saturated rings. The molecule has 0 unspecified atom stereocenters. The monoisotopic (exact) mass is 421 g/mol. The van der Waals surface area contributed by atoms with E-state index in [1.807, 2.05) is 45.0 Å². The number of ether oxygens (including phenoxy) is 1. The Morgan fingerprint density at radius 3 is 2.58 bits per heavy atom. The van der Waals surface area contributed by atoms with Crippen LogP contribution in [-0.4, -0.2) is 34.4 Å². The largest absolute Gasteiger partial charge is 0.505 e. The minimum absolute atomic E-state index is 0.0364. The molecule has 1 aliphatic heterocycles. The van der Waals surface area contributed by atoms with Gasteiger partial charge in [-0.15, -0.1) is 0 Å². The van der Waals surface area contributed by atoms with E-state index in [2.05, 4.69) is 29.1 Å². The summed E-state index contributed by atoms with van der Waals surface area (Å²) in [7, 11) is 1.27. The van der Waals surface area contributed by atoms with Gasteiger partial charge in [0.1, 0.15) is 0 Å². The van der Waals surface area contributed by atoms with E-state index in [9.17, 15) is 9.90 Å². The zero-order chi connectivity index (χ0) is 23.0. The maximum atomic E-state index is 12.3. The molecule has 0 aliphatic carbocycles. The second-order valence-electron chi connectivity index (χ2n) is 6.61. The van der Waals surface area contributed by atoms with Gasteiger partial charge < -0.3 is 9.84 Å². The first kappa shape index (κ1) is 23.9. The van der Waals surface area contributed by atoms with Gasteiger partial charge in [0.15, 0.2) is 11.5 Å². The van der Waals surface area contributed by atoms with Gasteiger partial charge >= 0.3 is 5.97 Å². The standard InChI is InChI=1S/C23H25N3O3.C2H6/c1-5-9-15-10-8-11-16(12-15)19-13-17-18(14-24-19)22(27)21(23(28)29-4)26(25-7-3)20(17)6-2;1-2/h6-8,10-14,27H,5,9H2,1-4H3;1-2H3/b20-6+,25-7-;. The molecule has 31 heavy (non-hydrogen) atoms. The van der Waals surface area contributed by atoms with Crippen LogP contribution in [0.4, 0.5) is 0 Å². The van der Waals surface area contributed by atoms with Gasteiger partial charge in [-0.3, -0.25) is 4.98 Å². The van der Waals surface area contributed by atoms with Crippen LogP contribution in [0.5, 0.6) is 0 Å². The predicted molar refractivity (Wildman–Crippen MR) is 126 cm³/mol. The summed E-state index contributed by atoms with van der Waals surface area (Å²) in [6.07, 6.45) is 7.07. The van der Waals surface area contributed by atoms with E-state index >= 15 is 0 Å². The van der Waals surface area contributed by atoms with Crippen molar-refractivity contribution < 1.29 is 14.6 Å². The number of nitrogens with zero attached hydrogens (tertiary/aromatic N) is 3. The number of methoxy groups -OCH3 is 1. The summed E-state index contributed by atoms with van der Waals surface area (Å²) in [5.41, 5.74) is 4.89. The van der Waals surface area contributed by atoms with Crippen LogP contribution in [0.3, 0.4) is 0 Å². The van der Waals surface area contributed by atoms with Crippen molar-refractivity contribution in [2.75, 3.05) is 7.11 Å². The number of aliphatic hydroxyl groups excluding tert-OH is 1. The first-order valence-electron chi connectivity index (χ1n) is 10.6. The van der Waals surface area contributed by atoms with E-state index in [0.29, 0.717) is 11.3 Å². The summed E-state index contributed by atoms with van der Waals surface area (Å²) in [6, 6.07) is 10.2. The van der Waals surface area contributed by atoms with Crippen LogP contribution >= 0.6 is 0 Å². The molecule has 0 spiro atoms. The third-order valence-corrected chi connectivity index (χ3v) is 4.74. The summed E-state index contributed by atoms with van der Waals surface area (Å²) in [6.45, 7) is 9.75. The number of aromatic nitrogens is 1. The minimum Gasteiger partial charge on any atom is -0.505 e. The number of carbonyl (C=O) groups excluding carboxylic acids is 1. The molecule has 6 nitrogen and oxygen atoms in total. The molecule has 1 aliphatic rings. The first-order valence-corrected chi connectivity index (χ1v) is 10.6. The first-order chi connectivity index (χ1) is 15.0. The quantitative estimate of drug-likeness (QED) is 0.487. The Balaban J connectivity index is 0.00000166. The third kappa shape index (κ3) is 4.85. The molecular formula is C25H31N3O3. The Bertz CT molecular complexity index is 1020. The normalized spacial score (nSPS) is 14.4. The van der Waals surface area contributed by atoms with Gasteiger partial charge in [0.25, 0.3) is 0 Å². The molecule has 1 N–H and O–H groups in total. The Kier molecular flexibility index (Phi) is 8.55. The Morgan fingerprint density at radius 2 is 1.97 bits per heavy atom. The summed E-state index contributed by atoms with van der Waals surface area (Å²) in [4.78, 5) is 16.9. The number of hydrogen-bond donors (Lipinski definition) is 1. The topological polar surface area (TPSA) is 75.0 Å². The Labute approximate surface area is 184 Å². The van der Waals surface area contributed by atoms with Crippen molar-refractivity contribution in [3.63, 3.8) is 0 Å². The number of aliphatic hydroxyl groups is 1. The van der Waals surface area contributed by atoms with Crippen molar-refractivity contribution in [1.29, 1.82) is 0 Å². The number of aryl methyl sites for hydroxylation is 1. The zero-order valence-electron chi connectivity index (χ0n) is 19.1. The highest BCUT2D eigenvalue weighted by Gasteiger charge is 2.34. The molecule has 0 amide bonds. The number of pyridine rings is 1. The van der Waals surface area contributed by atoms with Gasteiger partial charge in [-0.25, -0.2) is 9.80 Å². The van der Waals surface area contributed by atoms with E-state index in [1.54, 1.807) is 19.3 Å². The fraction of sp³-hybridized carbons (Fsp3) is 0.320. The molecule has 3 rings (SSSR count). The third-order valence-electron chi connectivity index (χ3n) is 4.74. The second-order valence-corrected chi connectivity index (χ2v) is 6.61. The molecule has 0 saturated heterocycles. The van der Waals surface area contributed by atoms with E-state index in [4.69, 9.17) is 4.74 Å². The van der Waals surface area contributed by atoms with Crippen LogP contribution in [0.15, 0.2) is 53.4 Å². The maximum absolute atomic E-state index is 12.3. The van der Waals surface area contributed by atoms with Crippen molar-refractivity contribution in [2.24, 2.45) is 5.10 Å². The number of allylic oxidation sites excluding steroid dienone is 1. The predicted octanol–water partition coefficient (Wildman–Crippen LogP) is 5.81. The summed E-state index contributed by atoms with van der Waals surface area (Å²) in [5, 5.41) is 16.5. The Hall–Kier alpha value is -3.41. The Morgan fingerprint density at radius 1 is 1.23 bits per heavy atom. The van der Waals surface area contributed by atoms with E-state index in [-0.39, 0.29) is 11.5 Å². The average molecular weight is 422 g/mol. The van der Waals surface area contributed by atoms with Crippen LogP contribution in [0.25, 0.3) is 22.7 Å². The highest BCUT2D eigenvalue weighted by Crippen LogP contribution is 2.39. The number of fused-ring (bicyclic) bond motifs is 1. The van der Waals surface area contributed by atoms with Gasteiger partial charge in [-0.05, 0) is 38.0 Å². The van der Waals surface area contributed by atoms with Gasteiger partial charge in [0, 0.05) is 29.1 Å². The molecule has 2 aromatic rings.